The molecule has 128 valence electrons. The molecule has 0 radical (unpaired) electrons. The molecule has 0 aliphatic heterocycles. The number of halogens is 1. The van der Waals surface area contributed by atoms with Crippen molar-refractivity contribution in [3.05, 3.63) is 64.4 Å². The highest BCUT2D eigenvalue weighted by Crippen LogP contribution is 2.25. The molecule has 3 aromatic rings. The van der Waals surface area contributed by atoms with Gasteiger partial charge in [0.2, 0.25) is 5.76 Å². The fourth-order valence-corrected chi connectivity index (χ4v) is 2.67. The third-order valence-corrected chi connectivity index (χ3v) is 4.31. The average molecular weight is 358 g/mol. The number of furan rings is 1. The van der Waals surface area contributed by atoms with Gasteiger partial charge in [0, 0.05) is 21.7 Å². The van der Waals surface area contributed by atoms with E-state index in [-0.39, 0.29) is 5.76 Å². The van der Waals surface area contributed by atoms with Crippen molar-refractivity contribution >= 4 is 40.1 Å². The fraction of sp³-hybridized carbons (Fsp3) is 0.158. The largest absolute Gasteiger partial charge is 0.450 e. The summed E-state index contributed by atoms with van der Waals surface area (Å²) in [6.45, 7) is 3.15. The second-order valence-corrected chi connectivity index (χ2v) is 6.00. The summed E-state index contributed by atoms with van der Waals surface area (Å²) in [5, 5.41) is 4.06. The number of fused-ring (bicyclic) bond motifs is 1. The molecule has 2 aromatic carbocycles. The number of amides is 1. The van der Waals surface area contributed by atoms with E-state index < -0.39 is 18.5 Å². The molecule has 0 saturated heterocycles. The summed E-state index contributed by atoms with van der Waals surface area (Å²) in [5.41, 5.74) is 2.61. The number of hydrogen-bond donors (Lipinski definition) is 1. The molecular formula is C19H16ClNO4. The van der Waals surface area contributed by atoms with Crippen LogP contribution < -0.4 is 5.32 Å². The molecule has 0 bridgehead atoms. The van der Waals surface area contributed by atoms with E-state index in [4.69, 9.17) is 20.8 Å². The molecule has 25 heavy (non-hydrogen) atoms. The molecule has 0 aliphatic carbocycles. The van der Waals surface area contributed by atoms with Gasteiger partial charge < -0.3 is 14.5 Å². The van der Waals surface area contributed by atoms with Gasteiger partial charge in [-0.2, -0.15) is 0 Å². The van der Waals surface area contributed by atoms with E-state index in [0.29, 0.717) is 21.9 Å². The standard InChI is InChI=1S/C19H16ClNO4/c1-11-13-6-3-4-9-16(13)25-18(11)19(23)24-10-17(22)21-15-8-5-7-14(20)12(15)2/h3-9H,10H2,1-2H3,(H,21,22). The molecule has 1 heterocycles. The van der Waals surface area contributed by atoms with E-state index in [1.54, 1.807) is 38.1 Å². The molecule has 1 aromatic heterocycles. The van der Waals surface area contributed by atoms with Crippen molar-refractivity contribution in [3.8, 4) is 0 Å². The Morgan fingerprint density at radius 1 is 1.08 bits per heavy atom. The van der Waals surface area contributed by atoms with E-state index in [1.807, 2.05) is 18.2 Å². The number of hydrogen-bond acceptors (Lipinski definition) is 4. The topological polar surface area (TPSA) is 68.5 Å². The first-order chi connectivity index (χ1) is 12.0. The number of para-hydroxylation sites is 1. The Balaban J connectivity index is 1.66. The van der Waals surface area contributed by atoms with Gasteiger partial charge in [-0.1, -0.05) is 35.9 Å². The van der Waals surface area contributed by atoms with Crippen molar-refractivity contribution in [2.24, 2.45) is 0 Å². The van der Waals surface area contributed by atoms with Crippen molar-refractivity contribution in [2.75, 3.05) is 11.9 Å². The molecule has 1 amide bonds. The maximum atomic E-state index is 12.2. The van der Waals surface area contributed by atoms with Gasteiger partial charge in [0.25, 0.3) is 5.91 Å². The average Bonchev–Trinajstić information content (AvgIpc) is 2.94. The Hall–Kier alpha value is -2.79. The predicted octanol–water partition coefficient (Wildman–Crippen LogP) is 4.50. The Morgan fingerprint density at radius 2 is 1.84 bits per heavy atom. The van der Waals surface area contributed by atoms with Gasteiger partial charge in [0.1, 0.15) is 5.58 Å². The van der Waals surface area contributed by atoms with Gasteiger partial charge in [0.05, 0.1) is 0 Å². The Kier molecular flexibility index (Phi) is 4.76. The lowest BCUT2D eigenvalue weighted by Gasteiger charge is -2.09. The normalized spacial score (nSPS) is 10.7. The molecule has 0 spiro atoms. The number of carbonyl (C=O) groups excluding carboxylic acids is 2. The third-order valence-electron chi connectivity index (χ3n) is 3.91. The number of anilines is 1. The lowest BCUT2D eigenvalue weighted by molar-refractivity contribution is -0.119. The van der Waals surface area contributed by atoms with Crippen molar-refractivity contribution in [3.63, 3.8) is 0 Å². The summed E-state index contributed by atoms with van der Waals surface area (Å²) in [6, 6.07) is 12.5. The summed E-state index contributed by atoms with van der Waals surface area (Å²) in [4.78, 5) is 24.2. The van der Waals surface area contributed by atoms with Crippen LogP contribution in [0.25, 0.3) is 11.0 Å². The predicted molar refractivity (Wildman–Crippen MR) is 96.1 cm³/mol. The van der Waals surface area contributed by atoms with Crippen LogP contribution in [0.15, 0.2) is 46.9 Å². The molecular weight excluding hydrogens is 342 g/mol. The van der Waals surface area contributed by atoms with Crippen LogP contribution in [0.1, 0.15) is 21.7 Å². The van der Waals surface area contributed by atoms with Crippen LogP contribution in [-0.2, 0) is 9.53 Å². The van der Waals surface area contributed by atoms with E-state index in [2.05, 4.69) is 5.32 Å². The number of nitrogens with one attached hydrogen (secondary N) is 1. The van der Waals surface area contributed by atoms with Gasteiger partial charge in [0.15, 0.2) is 6.61 Å². The number of esters is 1. The highest BCUT2D eigenvalue weighted by molar-refractivity contribution is 6.31. The van der Waals surface area contributed by atoms with E-state index in [0.717, 1.165) is 10.9 Å². The first kappa shape index (κ1) is 17.0. The Morgan fingerprint density at radius 3 is 2.60 bits per heavy atom. The van der Waals surface area contributed by atoms with Crippen molar-refractivity contribution in [1.82, 2.24) is 0 Å². The van der Waals surface area contributed by atoms with Gasteiger partial charge in [-0.3, -0.25) is 4.79 Å². The number of ether oxygens (including phenoxy) is 1. The molecule has 6 heteroatoms. The second kappa shape index (κ2) is 6.99. The van der Waals surface area contributed by atoms with Crippen molar-refractivity contribution in [2.45, 2.75) is 13.8 Å². The van der Waals surface area contributed by atoms with Crippen LogP contribution >= 0.6 is 11.6 Å². The maximum absolute atomic E-state index is 12.2. The summed E-state index contributed by atoms with van der Waals surface area (Å²) in [6.07, 6.45) is 0. The second-order valence-electron chi connectivity index (χ2n) is 5.59. The van der Waals surface area contributed by atoms with E-state index >= 15 is 0 Å². The molecule has 0 atom stereocenters. The van der Waals surface area contributed by atoms with Crippen LogP contribution in [0.2, 0.25) is 5.02 Å². The van der Waals surface area contributed by atoms with Gasteiger partial charge in [-0.15, -0.1) is 0 Å². The molecule has 0 fully saturated rings. The first-order valence-corrected chi connectivity index (χ1v) is 8.05. The zero-order valence-corrected chi connectivity index (χ0v) is 14.5. The number of benzene rings is 2. The highest BCUT2D eigenvalue weighted by Gasteiger charge is 2.20. The van der Waals surface area contributed by atoms with Crippen LogP contribution in [0.5, 0.6) is 0 Å². The van der Waals surface area contributed by atoms with Crippen molar-refractivity contribution < 1.29 is 18.7 Å². The van der Waals surface area contributed by atoms with Crippen LogP contribution in [0.3, 0.4) is 0 Å². The summed E-state index contributed by atoms with van der Waals surface area (Å²) >= 11 is 6.01. The minimum absolute atomic E-state index is 0.105. The number of rotatable bonds is 4. The summed E-state index contributed by atoms with van der Waals surface area (Å²) < 4.78 is 10.6. The summed E-state index contributed by atoms with van der Waals surface area (Å²) in [7, 11) is 0. The van der Waals surface area contributed by atoms with E-state index in [1.165, 1.54) is 0 Å². The quantitative estimate of drug-likeness (QED) is 0.698. The highest BCUT2D eigenvalue weighted by atomic mass is 35.5. The lowest BCUT2D eigenvalue weighted by atomic mass is 10.1. The molecule has 0 aliphatic rings. The molecule has 3 rings (SSSR count). The van der Waals surface area contributed by atoms with Crippen LogP contribution in [0.4, 0.5) is 5.69 Å². The number of aryl methyl sites for hydroxylation is 1. The van der Waals surface area contributed by atoms with Crippen molar-refractivity contribution in [1.29, 1.82) is 0 Å². The first-order valence-electron chi connectivity index (χ1n) is 7.67. The fourth-order valence-electron chi connectivity index (χ4n) is 2.49. The molecule has 0 unspecified atom stereocenters. The Labute approximate surface area is 149 Å². The minimum atomic E-state index is -0.674. The smallest absolute Gasteiger partial charge is 0.375 e. The van der Waals surface area contributed by atoms with Gasteiger partial charge in [-0.25, -0.2) is 4.79 Å². The third kappa shape index (κ3) is 3.51. The number of carbonyl (C=O) groups is 2. The zero-order chi connectivity index (χ0) is 18.0. The molecule has 5 nitrogen and oxygen atoms in total. The van der Waals surface area contributed by atoms with Gasteiger partial charge >= 0.3 is 5.97 Å². The van der Waals surface area contributed by atoms with E-state index in [9.17, 15) is 9.59 Å². The van der Waals surface area contributed by atoms with Crippen LogP contribution in [0, 0.1) is 13.8 Å². The maximum Gasteiger partial charge on any atom is 0.375 e. The molecule has 0 saturated carbocycles. The Bertz CT molecular complexity index is 961. The minimum Gasteiger partial charge on any atom is -0.450 e. The monoisotopic (exact) mass is 357 g/mol. The SMILES string of the molecule is Cc1c(Cl)cccc1NC(=O)COC(=O)c1oc2ccccc2c1C. The summed E-state index contributed by atoms with van der Waals surface area (Å²) in [5.74, 6) is -1.02. The van der Waals surface area contributed by atoms with Crippen LogP contribution in [-0.4, -0.2) is 18.5 Å². The molecule has 1 N–H and O–H groups in total. The lowest BCUT2D eigenvalue weighted by Crippen LogP contribution is -2.21. The van der Waals surface area contributed by atoms with Gasteiger partial charge in [-0.05, 0) is 37.6 Å². The zero-order valence-electron chi connectivity index (χ0n) is 13.8.